The van der Waals surface area contributed by atoms with Gasteiger partial charge in [0, 0.05) is 17.0 Å². The summed E-state index contributed by atoms with van der Waals surface area (Å²) in [4.78, 5) is 16.8. The Labute approximate surface area is 174 Å². The number of hydrogen-bond acceptors (Lipinski definition) is 5. The second-order valence-corrected chi connectivity index (χ2v) is 9.61. The number of thiazole rings is 1. The number of nitrogens with one attached hydrogen (secondary N) is 2. The topological polar surface area (TPSA) is 88.2 Å². The first-order valence-electron chi connectivity index (χ1n) is 9.36. The number of nitrogens with zero attached hydrogens (tertiary/aromatic N) is 1. The fourth-order valence-corrected chi connectivity index (χ4v) is 5.50. The molecule has 1 heterocycles. The molecule has 0 fully saturated rings. The lowest BCUT2D eigenvalue weighted by Gasteiger charge is -2.26. The van der Waals surface area contributed by atoms with Crippen LogP contribution in [0.4, 0.5) is 5.13 Å². The third kappa shape index (κ3) is 4.39. The predicted octanol–water partition coefficient (Wildman–Crippen LogP) is 4.06. The Morgan fingerprint density at radius 2 is 2.00 bits per heavy atom. The quantitative estimate of drug-likeness (QED) is 0.643. The molecule has 1 aliphatic rings. The molecule has 0 saturated carbocycles. The number of aryl methyl sites for hydroxylation is 2. The number of benzene rings is 2. The highest BCUT2D eigenvalue weighted by Crippen LogP contribution is 2.31. The maximum absolute atomic E-state index is 13.0. The molecule has 29 heavy (non-hydrogen) atoms. The van der Waals surface area contributed by atoms with E-state index in [0.29, 0.717) is 5.13 Å². The van der Waals surface area contributed by atoms with Crippen LogP contribution in [-0.4, -0.2) is 19.3 Å². The van der Waals surface area contributed by atoms with Crippen molar-refractivity contribution >= 4 is 32.4 Å². The third-order valence-corrected chi connectivity index (χ3v) is 7.26. The molecular formula is C21H21N3O3S2. The van der Waals surface area contributed by atoms with Gasteiger partial charge in [-0.1, -0.05) is 30.3 Å². The fraction of sp³-hybridized carbons (Fsp3) is 0.238. The van der Waals surface area contributed by atoms with Crippen LogP contribution >= 0.6 is 11.3 Å². The first-order valence-corrected chi connectivity index (χ1v) is 11.7. The molecule has 3 aromatic rings. The van der Waals surface area contributed by atoms with E-state index in [9.17, 15) is 13.2 Å². The number of carbonyl (C=O) groups excluding carboxylic acids is 1. The van der Waals surface area contributed by atoms with Crippen LogP contribution in [0.5, 0.6) is 0 Å². The molecule has 6 nitrogen and oxygen atoms in total. The molecule has 1 atom stereocenters. The summed E-state index contributed by atoms with van der Waals surface area (Å²) < 4.78 is 28.8. The largest absolute Gasteiger partial charge is 0.298 e. The summed E-state index contributed by atoms with van der Waals surface area (Å²) in [5.41, 5.74) is 3.29. The van der Waals surface area contributed by atoms with Crippen molar-refractivity contribution in [3.63, 3.8) is 0 Å². The van der Waals surface area contributed by atoms with E-state index < -0.39 is 10.0 Å². The summed E-state index contributed by atoms with van der Waals surface area (Å²) in [7, 11) is -3.77. The van der Waals surface area contributed by atoms with E-state index in [-0.39, 0.29) is 22.4 Å². The van der Waals surface area contributed by atoms with E-state index >= 15 is 0 Å². The van der Waals surface area contributed by atoms with Crippen LogP contribution in [0.15, 0.2) is 58.8 Å². The summed E-state index contributed by atoms with van der Waals surface area (Å²) in [5, 5.41) is 5.03. The monoisotopic (exact) mass is 427 g/mol. The number of aromatic nitrogens is 1. The van der Waals surface area contributed by atoms with Crippen molar-refractivity contribution in [2.45, 2.75) is 37.1 Å². The number of sulfonamides is 1. The lowest BCUT2D eigenvalue weighted by atomic mass is 9.88. The van der Waals surface area contributed by atoms with Crippen molar-refractivity contribution in [2.75, 3.05) is 5.32 Å². The van der Waals surface area contributed by atoms with Gasteiger partial charge in [-0.2, -0.15) is 0 Å². The number of rotatable bonds is 5. The summed E-state index contributed by atoms with van der Waals surface area (Å²) in [6.07, 6.45) is 2.64. The Bertz CT molecular complexity index is 1160. The average molecular weight is 428 g/mol. The Hall–Kier alpha value is -2.55. The van der Waals surface area contributed by atoms with Gasteiger partial charge < -0.3 is 0 Å². The van der Waals surface area contributed by atoms with Gasteiger partial charge in [-0.25, -0.2) is 18.1 Å². The fourth-order valence-electron chi connectivity index (χ4n) is 3.52. The number of carbonyl (C=O) groups is 1. The molecule has 0 spiro atoms. The first-order chi connectivity index (χ1) is 13.9. The minimum Gasteiger partial charge on any atom is -0.298 e. The van der Waals surface area contributed by atoms with Gasteiger partial charge in [-0.15, -0.1) is 11.3 Å². The molecule has 150 valence electrons. The van der Waals surface area contributed by atoms with Crippen molar-refractivity contribution < 1.29 is 13.2 Å². The normalized spacial score (nSPS) is 16.2. The van der Waals surface area contributed by atoms with Crippen molar-refractivity contribution in [3.8, 4) is 0 Å². The molecule has 8 heteroatoms. The number of amides is 1. The number of fused-ring (bicyclic) bond motifs is 1. The lowest BCUT2D eigenvalue weighted by molar-refractivity contribution is 0.102. The van der Waals surface area contributed by atoms with Gasteiger partial charge in [-0.05, 0) is 55.5 Å². The minimum atomic E-state index is -3.77. The van der Waals surface area contributed by atoms with Crippen LogP contribution in [0.3, 0.4) is 0 Å². The minimum absolute atomic E-state index is 0.0727. The Kier molecular flexibility index (Phi) is 5.49. The summed E-state index contributed by atoms with van der Waals surface area (Å²) in [5.74, 6) is -0.389. The number of anilines is 1. The van der Waals surface area contributed by atoms with E-state index in [1.54, 1.807) is 12.1 Å². The molecule has 2 N–H and O–H groups in total. The molecule has 1 aromatic heterocycles. The lowest BCUT2D eigenvalue weighted by Crippen LogP contribution is -2.31. The zero-order chi connectivity index (χ0) is 20.4. The highest BCUT2D eigenvalue weighted by molar-refractivity contribution is 7.89. The molecule has 0 bridgehead atoms. The van der Waals surface area contributed by atoms with Gasteiger partial charge in [-0.3, -0.25) is 10.1 Å². The van der Waals surface area contributed by atoms with Gasteiger partial charge in [0.15, 0.2) is 5.13 Å². The molecular weight excluding hydrogens is 406 g/mol. The average Bonchev–Trinajstić information content (AvgIpc) is 3.13. The van der Waals surface area contributed by atoms with Crippen LogP contribution < -0.4 is 10.0 Å². The molecule has 0 saturated heterocycles. The second-order valence-electron chi connectivity index (χ2n) is 7.04. The van der Waals surface area contributed by atoms with Crippen molar-refractivity contribution in [2.24, 2.45) is 0 Å². The number of hydrogen-bond donors (Lipinski definition) is 2. The first kappa shape index (κ1) is 19.8. The van der Waals surface area contributed by atoms with Crippen molar-refractivity contribution in [1.29, 1.82) is 0 Å². The molecule has 2 aromatic carbocycles. The molecule has 1 amide bonds. The summed E-state index contributed by atoms with van der Waals surface area (Å²) >= 11 is 1.33. The van der Waals surface area contributed by atoms with E-state index in [1.165, 1.54) is 29.0 Å². The molecule has 0 radical (unpaired) electrons. The molecule has 0 aliphatic heterocycles. The van der Waals surface area contributed by atoms with E-state index in [1.807, 2.05) is 36.6 Å². The zero-order valence-corrected chi connectivity index (χ0v) is 17.5. The Morgan fingerprint density at radius 1 is 1.17 bits per heavy atom. The van der Waals surface area contributed by atoms with Crippen LogP contribution in [0, 0.1) is 6.92 Å². The van der Waals surface area contributed by atoms with E-state index in [2.05, 4.69) is 15.0 Å². The van der Waals surface area contributed by atoms with E-state index in [4.69, 9.17) is 0 Å². The highest BCUT2D eigenvalue weighted by Gasteiger charge is 2.26. The molecule has 0 unspecified atom stereocenters. The third-order valence-electron chi connectivity index (χ3n) is 4.91. The van der Waals surface area contributed by atoms with Crippen LogP contribution in [0.25, 0.3) is 0 Å². The highest BCUT2D eigenvalue weighted by atomic mass is 32.2. The summed E-state index contributed by atoms with van der Waals surface area (Å²) in [6.45, 7) is 1.84. The summed E-state index contributed by atoms with van der Waals surface area (Å²) in [6, 6.07) is 13.7. The van der Waals surface area contributed by atoms with Gasteiger partial charge in [0.25, 0.3) is 5.91 Å². The van der Waals surface area contributed by atoms with Crippen LogP contribution in [-0.2, 0) is 16.4 Å². The van der Waals surface area contributed by atoms with Gasteiger partial charge >= 0.3 is 0 Å². The standard InChI is InChI=1S/C21H21N3O3S2/c1-14-13-28-21(22-14)23-20(25)16-8-4-9-17(12-16)29(26,27)24-19-11-5-7-15-6-2-3-10-18(15)19/h2-4,6,8-10,12-13,19,24H,5,7,11H2,1H3,(H,22,23,25)/t19-/m1/s1. The van der Waals surface area contributed by atoms with Gasteiger partial charge in [0.05, 0.1) is 10.6 Å². The van der Waals surface area contributed by atoms with E-state index in [0.717, 1.165) is 30.5 Å². The van der Waals surface area contributed by atoms with Crippen molar-refractivity contribution in [1.82, 2.24) is 9.71 Å². The van der Waals surface area contributed by atoms with Gasteiger partial charge in [0.2, 0.25) is 10.0 Å². The Morgan fingerprint density at radius 3 is 2.79 bits per heavy atom. The maximum Gasteiger partial charge on any atom is 0.257 e. The van der Waals surface area contributed by atoms with Crippen LogP contribution in [0.2, 0.25) is 0 Å². The van der Waals surface area contributed by atoms with Gasteiger partial charge in [0.1, 0.15) is 0 Å². The SMILES string of the molecule is Cc1csc(NC(=O)c2cccc(S(=O)(=O)N[C@@H]3CCCc4ccccc43)c2)n1. The van der Waals surface area contributed by atoms with Crippen LogP contribution in [0.1, 0.15) is 46.1 Å². The smallest absolute Gasteiger partial charge is 0.257 e. The molecule has 1 aliphatic carbocycles. The maximum atomic E-state index is 13.0. The Balaban J connectivity index is 1.55. The second kappa shape index (κ2) is 8.06. The molecule has 4 rings (SSSR count). The predicted molar refractivity (Wildman–Crippen MR) is 114 cm³/mol. The van der Waals surface area contributed by atoms with Crippen molar-refractivity contribution in [3.05, 3.63) is 76.3 Å². The zero-order valence-electron chi connectivity index (χ0n) is 15.9.